The van der Waals surface area contributed by atoms with Crippen LogP contribution in [0.4, 0.5) is 0 Å². The van der Waals surface area contributed by atoms with E-state index in [0.29, 0.717) is 0 Å². The molecule has 0 spiro atoms. The summed E-state index contributed by atoms with van der Waals surface area (Å²) in [5, 5.41) is 3.68. The van der Waals surface area contributed by atoms with Crippen LogP contribution >= 0.6 is 0 Å². The van der Waals surface area contributed by atoms with Crippen molar-refractivity contribution in [2.24, 2.45) is 11.8 Å². The van der Waals surface area contributed by atoms with E-state index >= 15 is 0 Å². The molecule has 2 fully saturated rings. The molecule has 0 heterocycles. The molecular weight excluding hydrogens is 182 g/mol. The SMILES string of the molecule is CCNC(CCC1CCCC1)CC1CC1. The summed E-state index contributed by atoms with van der Waals surface area (Å²) in [6, 6.07) is 0.836. The first-order valence-corrected chi connectivity index (χ1v) is 7.12. The van der Waals surface area contributed by atoms with Gasteiger partial charge in [-0.2, -0.15) is 0 Å². The Bertz CT molecular complexity index is 168. The monoisotopic (exact) mass is 209 g/mol. The number of rotatable bonds is 7. The summed E-state index contributed by atoms with van der Waals surface area (Å²) in [6.07, 6.45) is 13.4. The molecule has 1 nitrogen and oxygen atoms in total. The van der Waals surface area contributed by atoms with Crippen molar-refractivity contribution in [1.29, 1.82) is 0 Å². The van der Waals surface area contributed by atoms with Crippen LogP contribution in [0, 0.1) is 11.8 Å². The fourth-order valence-electron chi connectivity index (χ4n) is 3.08. The Morgan fingerprint density at radius 1 is 1.07 bits per heavy atom. The zero-order chi connectivity index (χ0) is 10.5. The molecule has 1 unspecified atom stereocenters. The topological polar surface area (TPSA) is 12.0 Å². The van der Waals surface area contributed by atoms with E-state index in [1.54, 1.807) is 0 Å². The van der Waals surface area contributed by atoms with E-state index in [2.05, 4.69) is 12.2 Å². The van der Waals surface area contributed by atoms with Crippen LogP contribution in [0.1, 0.15) is 64.7 Å². The van der Waals surface area contributed by atoms with Crippen LogP contribution < -0.4 is 5.32 Å². The first-order chi connectivity index (χ1) is 7.38. The summed E-state index contributed by atoms with van der Waals surface area (Å²) in [4.78, 5) is 0. The lowest BCUT2D eigenvalue weighted by Crippen LogP contribution is -2.29. The zero-order valence-corrected chi connectivity index (χ0v) is 10.3. The van der Waals surface area contributed by atoms with Crippen molar-refractivity contribution in [2.75, 3.05) is 6.54 Å². The van der Waals surface area contributed by atoms with E-state index in [9.17, 15) is 0 Å². The minimum absolute atomic E-state index is 0.836. The van der Waals surface area contributed by atoms with Gasteiger partial charge in [0.1, 0.15) is 0 Å². The summed E-state index contributed by atoms with van der Waals surface area (Å²) in [6.45, 7) is 3.40. The molecule has 0 aliphatic heterocycles. The number of hydrogen-bond acceptors (Lipinski definition) is 1. The average molecular weight is 209 g/mol. The van der Waals surface area contributed by atoms with Gasteiger partial charge in [-0.15, -0.1) is 0 Å². The Balaban J connectivity index is 1.62. The van der Waals surface area contributed by atoms with Crippen molar-refractivity contribution in [2.45, 2.75) is 70.8 Å². The predicted octanol–water partition coefficient (Wildman–Crippen LogP) is 3.74. The van der Waals surface area contributed by atoms with Gasteiger partial charge >= 0.3 is 0 Å². The van der Waals surface area contributed by atoms with Gasteiger partial charge in [-0.05, 0) is 37.6 Å². The predicted molar refractivity (Wildman–Crippen MR) is 66.0 cm³/mol. The van der Waals surface area contributed by atoms with Crippen LogP contribution in [-0.2, 0) is 0 Å². The van der Waals surface area contributed by atoms with E-state index in [0.717, 1.165) is 24.4 Å². The van der Waals surface area contributed by atoms with Crippen LogP contribution in [0.3, 0.4) is 0 Å². The summed E-state index contributed by atoms with van der Waals surface area (Å²) >= 11 is 0. The van der Waals surface area contributed by atoms with Gasteiger partial charge in [0.05, 0.1) is 0 Å². The minimum Gasteiger partial charge on any atom is -0.314 e. The molecule has 88 valence electrons. The molecule has 0 radical (unpaired) electrons. The maximum Gasteiger partial charge on any atom is 0.00696 e. The van der Waals surface area contributed by atoms with Crippen molar-refractivity contribution < 1.29 is 0 Å². The van der Waals surface area contributed by atoms with E-state index in [1.807, 2.05) is 0 Å². The van der Waals surface area contributed by atoms with E-state index in [4.69, 9.17) is 0 Å². The summed E-state index contributed by atoms with van der Waals surface area (Å²) in [5.74, 6) is 2.16. The van der Waals surface area contributed by atoms with Gasteiger partial charge in [0.2, 0.25) is 0 Å². The highest BCUT2D eigenvalue weighted by molar-refractivity contribution is 4.81. The molecule has 2 aliphatic carbocycles. The largest absolute Gasteiger partial charge is 0.314 e. The van der Waals surface area contributed by atoms with Crippen LogP contribution in [0.5, 0.6) is 0 Å². The third kappa shape index (κ3) is 4.14. The molecule has 15 heavy (non-hydrogen) atoms. The Morgan fingerprint density at radius 3 is 2.40 bits per heavy atom. The molecule has 0 aromatic carbocycles. The molecule has 1 N–H and O–H groups in total. The van der Waals surface area contributed by atoms with Crippen LogP contribution in [0.2, 0.25) is 0 Å². The highest BCUT2D eigenvalue weighted by atomic mass is 14.9. The molecule has 2 aliphatic rings. The Hall–Kier alpha value is -0.0400. The third-order valence-corrected chi connectivity index (χ3v) is 4.21. The molecule has 0 saturated heterocycles. The fraction of sp³-hybridized carbons (Fsp3) is 1.00. The normalized spacial score (nSPS) is 24.6. The molecule has 1 heteroatoms. The molecule has 0 aromatic heterocycles. The molecule has 0 amide bonds. The van der Waals surface area contributed by atoms with Gasteiger partial charge in [-0.25, -0.2) is 0 Å². The van der Waals surface area contributed by atoms with Gasteiger partial charge in [0.25, 0.3) is 0 Å². The molecule has 1 atom stereocenters. The second-order valence-electron chi connectivity index (χ2n) is 5.66. The van der Waals surface area contributed by atoms with Crippen molar-refractivity contribution >= 4 is 0 Å². The first kappa shape index (κ1) is 11.4. The summed E-state index contributed by atoms with van der Waals surface area (Å²) < 4.78 is 0. The second kappa shape index (κ2) is 5.89. The lowest BCUT2D eigenvalue weighted by atomic mass is 9.96. The van der Waals surface area contributed by atoms with Crippen molar-refractivity contribution in [3.63, 3.8) is 0 Å². The molecule has 0 aromatic rings. The van der Waals surface area contributed by atoms with Crippen LogP contribution in [0.15, 0.2) is 0 Å². The first-order valence-electron chi connectivity index (χ1n) is 7.12. The van der Waals surface area contributed by atoms with Gasteiger partial charge in [-0.1, -0.05) is 45.4 Å². The Labute approximate surface area is 95.0 Å². The summed E-state index contributed by atoms with van der Waals surface area (Å²) in [7, 11) is 0. The zero-order valence-electron chi connectivity index (χ0n) is 10.3. The highest BCUT2D eigenvalue weighted by Gasteiger charge is 2.25. The highest BCUT2D eigenvalue weighted by Crippen LogP contribution is 2.35. The quantitative estimate of drug-likeness (QED) is 0.673. The van der Waals surface area contributed by atoms with Crippen molar-refractivity contribution in [1.82, 2.24) is 5.32 Å². The van der Waals surface area contributed by atoms with Crippen LogP contribution in [-0.4, -0.2) is 12.6 Å². The fourth-order valence-corrected chi connectivity index (χ4v) is 3.08. The van der Waals surface area contributed by atoms with Crippen molar-refractivity contribution in [3.05, 3.63) is 0 Å². The molecule has 2 rings (SSSR count). The van der Waals surface area contributed by atoms with Gasteiger partial charge in [-0.3, -0.25) is 0 Å². The van der Waals surface area contributed by atoms with E-state index in [-0.39, 0.29) is 0 Å². The van der Waals surface area contributed by atoms with Gasteiger partial charge < -0.3 is 5.32 Å². The molecule has 0 bridgehead atoms. The van der Waals surface area contributed by atoms with Crippen molar-refractivity contribution in [3.8, 4) is 0 Å². The summed E-state index contributed by atoms with van der Waals surface area (Å²) in [5.41, 5.74) is 0. The maximum absolute atomic E-state index is 3.68. The minimum atomic E-state index is 0.836. The Morgan fingerprint density at radius 2 is 1.80 bits per heavy atom. The maximum atomic E-state index is 3.68. The van der Waals surface area contributed by atoms with E-state index < -0.39 is 0 Å². The number of nitrogens with one attached hydrogen (secondary N) is 1. The lowest BCUT2D eigenvalue weighted by Gasteiger charge is -2.19. The van der Waals surface area contributed by atoms with E-state index in [1.165, 1.54) is 57.8 Å². The number of hydrogen-bond donors (Lipinski definition) is 1. The van der Waals surface area contributed by atoms with Gasteiger partial charge in [0, 0.05) is 6.04 Å². The smallest absolute Gasteiger partial charge is 0.00696 e. The average Bonchev–Trinajstić information content (AvgIpc) is 2.90. The Kier molecular flexibility index (Phi) is 4.49. The second-order valence-corrected chi connectivity index (χ2v) is 5.66. The van der Waals surface area contributed by atoms with Crippen LogP contribution in [0.25, 0.3) is 0 Å². The standard InChI is InChI=1S/C14H27N/c1-2-15-14(11-13-7-8-13)10-9-12-5-3-4-6-12/h12-15H,2-11H2,1H3. The van der Waals surface area contributed by atoms with Gasteiger partial charge in [0.15, 0.2) is 0 Å². The third-order valence-electron chi connectivity index (χ3n) is 4.21. The lowest BCUT2D eigenvalue weighted by molar-refractivity contribution is 0.383. The molecule has 2 saturated carbocycles. The molecular formula is C14H27N.